The molecule has 0 unspecified atom stereocenters. The van der Waals surface area contributed by atoms with E-state index >= 15 is 0 Å². The number of nitrogens with one attached hydrogen (secondary N) is 1. The van der Waals surface area contributed by atoms with E-state index in [1.807, 2.05) is 24.3 Å². The van der Waals surface area contributed by atoms with Gasteiger partial charge in [0.2, 0.25) is 0 Å². The lowest BCUT2D eigenvalue weighted by Gasteiger charge is -2.17. The number of hydrogen-bond acceptors (Lipinski definition) is 3. The molecule has 1 N–H and O–H groups in total. The van der Waals surface area contributed by atoms with Crippen LogP contribution in [0.15, 0.2) is 24.3 Å². The highest BCUT2D eigenvalue weighted by Gasteiger charge is 2.23. The smallest absolute Gasteiger partial charge is 0.146 e. The molecule has 0 aliphatic heterocycles. The predicted octanol–water partition coefficient (Wildman–Crippen LogP) is 4.81. The largest absolute Gasteiger partial charge is 0.491 e. The maximum absolute atomic E-state index is 6.63. The first-order valence-electron chi connectivity index (χ1n) is 7.96. The van der Waals surface area contributed by atoms with E-state index in [0.717, 1.165) is 28.5 Å². The van der Waals surface area contributed by atoms with Gasteiger partial charge < -0.3 is 14.8 Å². The Bertz CT molecular complexity index is 686. The summed E-state index contributed by atoms with van der Waals surface area (Å²) in [6.07, 6.45) is 3.27. The van der Waals surface area contributed by atoms with Gasteiger partial charge in [-0.15, -0.1) is 0 Å². The van der Waals surface area contributed by atoms with E-state index in [-0.39, 0.29) is 0 Å². The van der Waals surface area contributed by atoms with E-state index < -0.39 is 0 Å². The van der Waals surface area contributed by atoms with Gasteiger partial charge in [0.05, 0.1) is 16.7 Å². The minimum Gasteiger partial charge on any atom is -0.491 e. The zero-order valence-electron chi connectivity index (χ0n) is 13.2. The second-order valence-electron chi connectivity index (χ2n) is 5.83. The number of methoxy groups -OCH3 is 1. The molecule has 2 aromatic carbocycles. The van der Waals surface area contributed by atoms with Crippen molar-refractivity contribution in [3.63, 3.8) is 0 Å². The van der Waals surface area contributed by atoms with Gasteiger partial charge in [-0.3, -0.25) is 0 Å². The molecule has 0 saturated heterocycles. The molecule has 1 aliphatic carbocycles. The van der Waals surface area contributed by atoms with Gasteiger partial charge in [0.1, 0.15) is 5.75 Å². The second kappa shape index (κ2) is 7.71. The summed E-state index contributed by atoms with van der Waals surface area (Å²) in [6.45, 7) is 1.90. The molecule has 23 heavy (non-hydrogen) atoms. The standard InChI is InChI=1S/C18H21Cl2NO2/c1-22-9-4-10-23-18-14-6-3-2-5-13(14)16(19)15(17(18)20)11-21-12-7-8-12/h2-3,5-6,12,21H,4,7-11H2,1H3. The summed E-state index contributed by atoms with van der Waals surface area (Å²) < 4.78 is 11.0. The third kappa shape index (κ3) is 3.92. The fourth-order valence-electron chi connectivity index (χ4n) is 2.59. The van der Waals surface area contributed by atoms with Crippen molar-refractivity contribution in [1.29, 1.82) is 0 Å². The number of hydrogen-bond donors (Lipinski definition) is 1. The lowest BCUT2D eigenvalue weighted by molar-refractivity contribution is 0.172. The Kier molecular flexibility index (Phi) is 5.65. The maximum atomic E-state index is 6.63. The summed E-state index contributed by atoms with van der Waals surface area (Å²) in [6, 6.07) is 8.56. The molecule has 0 spiro atoms. The van der Waals surface area contributed by atoms with E-state index in [1.165, 1.54) is 12.8 Å². The number of rotatable bonds is 8. The van der Waals surface area contributed by atoms with Crippen molar-refractivity contribution in [3.8, 4) is 5.75 Å². The monoisotopic (exact) mass is 353 g/mol. The van der Waals surface area contributed by atoms with E-state index in [2.05, 4.69) is 5.32 Å². The minimum absolute atomic E-state index is 0.564. The summed E-state index contributed by atoms with van der Waals surface area (Å²) in [7, 11) is 1.69. The van der Waals surface area contributed by atoms with Crippen molar-refractivity contribution in [2.45, 2.75) is 31.8 Å². The van der Waals surface area contributed by atoms with Gasteiger partial charge in [0.25, 0.3) is 0 Å². The molecule has 3 nitrogen and oxygen atoms in total. The average molecular weight is 354 g/mol. The lowest BCUT2D eigenvalue weighted by Crippen LogP contribution is -2.16. The molecule has 0 aromatic heterocycles. The highest BCUT2D eigenvalue weighted by molar-refractivity contribution is 6.41. The topological polar surface area (TPSA) is 30.5 Å². The van der Waals surface area contributed by atoms with E-state index in [9.17, 15) is 0 Å². The third-order valence-corrected chi connectivity index (χ3v) is 4.85. The molecule has 0 heterocycles. The number of fused-ring (bicyclic) bond motifs is 1. The Morgan fingerprint density at radius 1 is 1.09 bits per heavy atom. The molecule has 3 rings (SSSR count). The van der Waals surface area contributed by atoms with Crippen LogP contribution in [-0.2, 0) is 11.3 Å². The summed E-state index contributed by atoms with van der Waals surface area (Å²) in [5, 5.41) is 6.73. The van der Waals surface area contributed by atoms with Crippen molar-refractivity contribution in [2.75, 3.05) is 20.3 Å². The minimum atomic E-state index is 0.564. The molecule has 124 valence electrons. The van der Waals surface area contributed by atoms with Gasteiger partial charge in [-0.25, -0.2) is 0 Å². The number of halogens is 2. The Balaban J connectivity index is 1.93. The van der Waals surface area contributed by atoms with Crippen molar-refractivity contribution < 1.29 is 9.47 Å². The number of benzene rings is 2. The van der Waals surface area contributed by atoms with Crippen LogP contribution >= 0.6 is 23.2 Å². The first-order chi connectivity index (χ1) is 11.2. The predicted molar refractivity (Wildman–Crippen MR) is 95.8 cm³/mol. The van der Waals surface area contributed by atoms with Crippen molar-refractivity contribution in [3.05, 3.63) is 39.9 Å². The molecular formula is C18H21Cl2NO2. The van der Waals surface area contributed by atoms with Crippen molar-refractivity contribution >= 4 is 34.0 Å². The molecule has 1 fully saturated rings. The lowest BCUT2D eigenvalue weighted by atomic mass is 10.0. The molecule has 5 heteroatoms. The molecule has 0 amide bonds. The maximum Gasteiger partial charge on any atom is 0.146 e. The van der Waals surface area contributed by atoms with Crippen LogP contribution in [0, 0.1) is 0 Å². The first-order valence-corrected chi connectivity index (χ1v) is 8.71. The zero-order valence-corrected chi connectivity index (χ0v) is 14.7. The highest BCUT2D eigenvalue weighted by atomic mass is 35.5. The summed E-state index contributed by atoms with van der Waals surface area (Å²) in [5.41, 5.74) is 0.917. The zero-order chi connectivity index (χ0) is 16.2. The normalized spacial score (nSPS) is 14.4. The third-order valence-electron chi connectivity index (χ3n) is 4.02. The van der Waals surface area contributed by atoms with Crippen LogP contribution in [0.1, 0.15) is 24.8 Å². The molecule has 0 radical (unpaired) electrons. The average Bonchev–Trinajstić information content (AvgIpc) is 3.38. The van der Waals surface area contributed by atoms with E-state index in [0.29, 0.717) is 35.8 Å². The fraction of sp³-hybridized carbons (Fsp3) is 0.444. The Labute approximate surface area is 146 Å². The van der Waals surface area contributed by atoms with Crippen molar-refractivity contribution in [2.24, 2.45) is 0 Å². The summed E-state index contributed by atoms with van der Waals surface area (Å²) in [4.78, 5) is 0. The van der Waals surface area contributed by atoms with Gasteiger partial charge in [-0.2, -0.15) is 0 Å². The molecule has 0 bridgehead atoms. The second-order valence-corrected chi connectivity index (χ2v) is 6.59. The Hall–Kier alpha value is -1.00. The molecule has 0 atom stereocenters. The quantitative estimate of drug-likeness (QED) is 0.690. The Morgan fingerprint density at radius 3 is 2.52 bits per heavy atom. The van der Waals surface area contributed by atoms with E-state index in [4.69, 9.17) is 32.7 Å². The van der Waals surface area contributed by atoms with Crippen LogP contribution in [0.2, 0.25) is 10.0 Å². The van der Waals surface area contributed by atoms with Crippen LogP contribution < -0.4 is 10.1 Å². The van der Waals surface area contributed by atoms with Gasteiger partial charge >= 0.3 is 0 Å². The van der Waals surface area contributed by atoms with Gasteiger partial charge in [0, 0.05) is 49.1 Å². The SMILES string of the molecule is COCCCOc1c(Cl)c(CNC2CC2)c(Cl)c2ccccc12. The van der Waals surface area contributed by atoms with E-state index in [1.54, 1.807) is 7.11 Å². The fourth-order valence-corrected chi connectivity index (χ4v) is 3.29. The van der Waals surface area contributed by atoms with Crippen LogP contribution in [0.3, 0.4) is 0 Å². The molecule has 1 saturated carbocycles. The van der Waals surface area contributed by atoms with Gasteiger partial charge in [-0.05, 0) is 12.8 Å². The van der Waals surface area contributed by atoms with Crippen LogP contribution in [0.4, 0.5) is 0 Å². The van der Waals surface area contributed by atoms with Crippen LogP contribution in [0.25, 0.3) is 10.8 Å². The summed E-state index contributed by atoms with van der Waals surface area (Å²) in [5.74, 6) is 0.718. The Morgan fingerprint density at radius 2 is 1.83 bits per heavy atom. The number of ether oxygens (including phenoxy) is 2. The van der Waals surface area contributed by atoms with Gasteiger partial charge in [0.15, 0.2) is 0 Å². The molecule has 1 aliphatic rings. The van der Waals surface area contributed by atoms with Gasteiger partial charge in [-0.1, -0.05) is 47.5 Å². The van der Waals surface area contributed by atoms with Crippen molar-refractivity contribution in [1.82, 2.24) is 5.32 Å². The highest BCUT2D eigenvalue weighted by Crippen LogP contribution is 2.42. The molecule has 2 aromatic rings. The summed E-state index contributed by atoms with van der Waals surface area (Å²) >= 11 is 13.2. The van der Waals surface area contributed by atoms with Crippen LogP contribution in [-0.4, -0.2) is 26.4 Å². The van der Waals surface area contributed by atoms with Crippen LogP contribution in [0.5, 0.6) is 5.75 Å². The first kappa shape index (κ1) is 16.8. The molecular weight excluding hydrogens is 333 g/mol.